The number of anilines is 2. The first-order chi connectivity index (χ1) is 13.2. The van der Waals surface area contributed by atoms with E-state index >= 15 is 0 Å². The van der Waals surface area contributed by atoms with Crippen molar-refractivity contribution in [1.82, 2.24) is 14.6 Å². The molecule has 0 spiro atoms. The summed E-state index contributed by atoms with van der Waals surface area (Å²) >= 11 is 6.26. The maximum atomic E-state index is 9.73. The Bertz CT molecular complexity index is 1290. The van der Waals surface area contributed by atoms with E-state index in [0.29, 0.717) is 16.6 Å². The fourth-order valence-corrected chi connectivity index (χ4v) is 3.23. The zero-order valence-corrected chi connectivity index (χ0v) is 14.7. The van der Waals surface area contributed by atoms with Crippen molar-refractivity contribution in [3.05, 3.63) is 72.1 Å². The molecular formula is C20H13ClN4O2. The number of fused-ring (bicyclic) bond motifs is 2. The van der Waals surface area contributed by atoms with Gasteiger partial charge in [0.25, 0.3) is 0 Å². The first kappa shape index (κ1) is 15.7. The summed E-state index contributed by atoms with van der Waals surface area (Å²) in [6, 6.07) is 16.3. The third kappa shape index (κ3) is 2.86. The van der Waals surface area contributed by atoms with E-state index in [2.05, 4.69) is 15.4 Å². The molecule has 2 N–H and O–H groups in total. The van der Waals surface area contributed by atoms with Gasteiger partial charge in [0.05, 0.1) is 6.26 Å². The third-order valence-electron chi connectivity index (χ3n) is 4.30. The van der Waals surface area contributed by atoms with Crippen LogP contribution in [0.25, 0.3) is 27.7 Å². The van der Waals surface area contributed by atoms with Crippen LogP contribution in [0.2, 0.25) is 5.02 Å². The molecule has 132 valence electrons. The van der Waals surface area contributed by atoms with Gasteiger partial charge in [0.15, 0.2) is 5.65 Å². The molecule has 0 saturated heterocycles. The van der Waals surface area contributed by atoms with E-state index < -0.39 is 0 Å². The maximum absolute atomic E-state index is 9.73. The minimum absolute atomic E-state index is 0.157. The van der Waals surface area contributed by atoms with Crippen LogP contribution in [0.15, 0.2) is 71.5 Å². The van der Waals surface area contributed by atoms with Crippen LogP contribution < -0.4 is 5.32 Å². The van der Waals surface area contributed by atoms with Crippen molar-refractivity contribution >= 4 is 39.9 Å². The number of rotatable bonds is 3. The summed E-state index contributed by atoms with van der Waals surface area (Å²) in [7, 11) is 0. The maximum Gasteiger partial charge on any atom is 0.247 e. The zero-order chi connectivity index (χ0) is 18.4. The molecule has 5 aromatic rings. The number of phenols is 1. The van der Waals surface area contributed by atoms with E-state index in [1.165, 1.54) is 0 Å². The molecule has 3 heterocycles. The van der Waals surface area contributed by atoms with Crippen LogP contribution >= 0.6 is 11.6 Å². The fourth-order valence-electron chi connectivity index (χ4n) is 3.00. The smallest absolute Gasteiger partial charge is 0.247 e. The molecule has 3 aromatic heterocycles. The van der Waals surface area contributed by atoms with Gasteiger partial charge in [-0.2, -0.15) is 4.98 Å². The highest BCUT2D eigenvalue weighted by molar-refractivity contribution is 6.33. The third-order valence-corrected chi connectivity index (χ3v) is 4.63. The second kappa shape index (κ2) is 6.03. The SMILES string of the molecule is Oc1ccc(Cl)c(-c2ccc3nc(Nc4ccc5occc5c4)nn3c2)c1. The number of halogens is 1. The average molecular weight is 377 g/mol. The molecule has 7 heteroatoms. The standard InChI is InChI=1S/C20H13ClN4O2/c21-17-4-3-15(26)10-16(17)13-1-6-19-23-20(24-25(19)11-13)22-14-2-5-18-12(9-14)7-8-27-18/h1-11,26H,(H,22,24). The molecule has 0 aliphatic carbocycles. The summed E-state index contributed by atoms with van der Waals surface area (Å²) in [6.07, 6.45) is 3.49. The lowest BCUT2D eigenvalue weighted by molar-refractivity contribution is 0.475. The van der Waals surface area contributed by atoms with E-state index in [4.69, 9.17) is 16.0 Å². The van der Waals surface area contributed by atoms with E-state index in [0.717, 1.165) is 27.8 Å². The number of hydrogen-bond acceptors (Lipinski definition) is 5. The molecule has 0 saturated carbocycles. The second-order valence-electron chi connectivity index (χ2n) is 6.12. The van der Waals surface area contributed by atoms with E-state index in [-0.39, 0.29) is 5.75 Å². The minimum atomic E-state index is 0.157. The monoisotopic (exact) mass is 376 g/mol. The van der Waals surface area contributed by atoms with E-state index in [1.807, 2.05) is 42.6 Å². The molecule has 0 atom stereocenters. The van der Waals surface area contributed by atoms with Gasteiger partial charge in [0.2, 0.25) is 5.95 Å². The van der Waals surface area contributed by atoms with Crippen LogP contribution in [-0.4, -0.2) is 19.7 Å². The molecule has 6 nitrogen and oxygen atoms in total. The number of aromatic nitrogens is 3. The van der Waals surface area contributed by atoms with Gasteiger partial charge in [0.1, 0.15) is 11.3 Å². The lowest BCUT2D eigenvalue weighted by Gasteiger charge is -2.05. The Morgan fingerprint density at radius 2 is 1.96 bits per heavy atom. The van der Waals surface area contributed by atoms with Crippen LogP contribution in [0.3, 0.4) is 0 Å². The Balaban J connectivity index is 1.50. The Labute approximate surface area is 158 Å². The predicted octanol–water partition coefficient (Wildman–Crippen LogP) is 5.25. The van der Waals surface area contributed by atoms with Gasteiger partial charge in [-0.1, -0.05) is 11.6 Å². The van der Waals surface area contributed by atoms with E-state index in [9.17, 15) is 5.11 Å². The van der Waals surface area contributed by atoms with Crippen LogP contribution in [0.4, 0.5) is 11.6 Å². The Morgan fingerprint density at radius 1 is 1.04 bits per heavy atom. The quantitative estimate of drug-likeness (QED) is 0.450. The van der Waals surface area contributed by atoms with Crippen molar-refractivity contribution in [1.29, 1.82) is 0 Å². The van der Waals surface area contributed by atoms with Gasteiger partial charge < -0.3 is 14.8 Å². The molecule has 27 heavy (non-hydrogen) atoms. The van der Waals surface area contributed by atoms with Crippen LogP contribution in [0, 0.1) is 0 Å². The predicted molar refractivity (Wildman–Crippen MR) is 105 cm³/mol. The van der Waals surface area contributed by atoms with Crippen molar-refractivity contribution in [3.63, 3.8) is 0 Å². The molecular weight excluding hydrogens is 364 g/mol. The molecule has 2 aromatic carbocycles. The highest BCUT2D eigenvalue weighted by atomic mass is 35.5. The number of aromatic hydroxyl groups is 1. The van der Waals surface area contributed by atoms with Crippen molar-refractivity contribution < 1.29 is 9.52 Å². The van der Waals surface area contributed by atoms with Gasteiger partial charge >= 0.3 is 0 Å². The van der Waals surface area contributed by atoms with Crippen LogP contribution in [0.1, 0.15) is 0 Å². The van der Waals surface area contributed by atoms with Gasteiger partial charge in [-0.15, -0.1) is 5.10 Å². The molecule has 0 unspecified atom stereocenters. The largest absolute Gasteiger partial charge is 0.508 e. The number of hydrogen-bond donors (Lipinski definition) is 2. The Hall–Kier alpha value is -3.51. The molecule has 0 fully saturated rings. The first-order valence-electron chi connectivity index (χ1n) is 8.25. The lowest BCUT2D eigenvalue weighted by Crippen LogP contribution is -1.93. The molecule has 0 bridgehead atoms. The van der Waals surface area contributed by atoms with Gasteiger partial charge in [-0.25, -0.2) is 4.52 Å². The molecule has 0 radical (unpaired) electrons. The first-order valence-corrected chi connectivity index (χ1v) is 8.63. The second-order valence-corrected chi connectivity index (χ2v) is 6.53. The fraction of sp³-hybridized carbons (Fsp3) is 0. The Kier molecular flexibility index (Phi) is 3.51. The van der Waals surface area contributed by atoms with Crippen molar-refractivity contribution in [2.24, 2.45) is 0 Å². The Morgan fingerprint density at radius 3 is 2.89 bits per heavy atom. The van der Waals surface area contributed by atoms with Crippen LogP contribution in [-0.2, 0) is 0 Å². The number of nitrogens with zero attached hydrogens (tertiary/aromatic N) is 3. The van der Waals surface area contributed by atoms with E-state index in [1.54, 1.807) is 29.0 Å². The zero-order valence-electron chi connectivity index (χ0n) is 13.9. The summed E-state index contributed by atoms with van der Waals surface area (Å²) in [5.41, 5.74) is 3.96. The summed E-state index contributed by atoms with van der Waals surface area (Å²) in [6.45, 7) is 0. The van der Waals surface area contributed by atoms with Crippen molar-refractivity contribution in [2.75, 3.05) is 5.32 Å². The van der Waals surface area contributed by atoms with Gasteiger partial charge in [-0.05, 0) is 54.6 Å². The number of furan rings is 1. The van der Waals surface area contributed by atoms with Gasteiger partial charge in [-0.3, -0.25) is 0 Å². The molecule has 5 rings (SSSR count). The number of pyridine rings is 1. The minimum Gasteiger partial charge on any atom is -0.508 e. The van der Waals surface area contributed by atoms with Crippen molar-refractivity contribution in [2.45, 2.75) is 0 Å². The lowest BCUT2D eigenvalue weighted by atomic mass is 10.1. The number of nitrogens with one attached hydrogen (secondary N) is 1. The summed E-state index contributed by atoms with van der Waals surface area (Å²) in [5.74, 6) is 0.641. The topological polar surface area (TPSA) is 75.6 Å². The molecule has 0 amide bonds. The summed E-state index contributed by atoms with van der Waals surface area (Å²) in [5, 5.41) is 19.0. The highest BCUT2D eigenvalue weighted by Gasteiger charge is 2.09. The van der Waals surface area contributed by atoms with Gasteiger partial charge in [0, 0.05) is 33.4 Å². The number of phenolic OH excluding ortho intramolecular Hbond substituents is 1. The molecule has 0 aliphatic heterocycles. The van der Waals surface area contributed by atoms with Crippen LogP contribution in [0.5, 0.6) is 5.75 Å². The highest BCUT2D eigenvalue weighted by Crippen LogP contribution is 2.31. The van der Waals surface area contributed by atoms with Crippen molar-refractivity contribution in [3.8, 4) is 16.9 Å². The summed E-state index contributed by atoms with van der Waals surface area (Å²) < 4.78 is 7.03. The normalized spacial score (nSPS) is 11.3. The summed E-state index contributed by atoms with van der Waals surface area (Å²) in [4.78, 5) is 4.49. The number of benzene rings is 2. The average Bonchev–Trinajstić information content (AvgIpc) is 3.28. The molecule has 0 aliphatic rings.